The van der Waals surface area contributed by atoms with Crippen molar-refractivity contribution < 1.29 is 4.74 Å². The molecule has 0 saturated carbocycles. The van der Waals surface area contributed by atoms with Crippen LogP contribution in [0.5, 0.6) is 5.75 Å². The van der Waals surface area contributed by atoms with E-state index in [1.807, 2.05) is 22.9 Å². The van der Waals surface area contributed by atoms with Gasteiger partial charge in [-0.1, -0.05) is 42.5 Å². The molecule has 0 bridgehead atoms. The number of hydrogen-bond acceptors (Lipinski definition) is 4. The number of aromatic nitrogens is 3. The monoisotopic (exact) mass is 306 g/mol. The fourth-order valence-electron chi connectivity index (χ4n) is 3.13. The Morgan fingerprint density at radius 1 is 1.04 bits per heavy atom. The van der Waals surface area contributed by atoms with Crippen molar-refractivity contribution in [2.45, 2.75) is 18.5 Å². The minimum atomic E-state index is 0.157. The Bertz CT molecular complexity index is 782. The number of hydrogen-bond donors (Lipinski definition) is 1. The SMILES string of the molecule is COc1ccc([C@H]2C[C@H](c3ccccc3)Nc3ncnn32)cc1. The van der Waals surface area contributed by atoms with Crippen LogP contribution in [0.2, 0.25) is 0 Å². The highest BCUT2D eigenvalue weighted by Gasteiger charge is 2.29. The molecule has 0 unspecified atom stereocenters. The Kier molecular flexibility index (Phi) is 3.46. The number of nitrogens with zero attached hydrogens (tertiary/aromatic N) is 3. The molecule has 1 aliphatic heterocycles. The first kappa shape index (κ1) is 13.8. The van der Waals surface area contributed by atoms with E-state index < -0.39 is 0 Å². The molecule has 116 valence electrons. The summed E-state index contributed by atoms with van der Waals surface area (Å²) in [5.41, 5.74) is 2.47. The zero-order valence-electron chi connectivity index (χ0n) is 12.9. The predicted molar refractivity (Wildman–Crippen MR) is 88.6 cm³/mol. The predicted octanol–water partition coefficient (Wildman–Crippen LogP) is 3.43. The van der Waals surface area contributed by atoms with Gasteiger partial charge < -0.3 is 10.1 Å². The van der Waals surface area contributed by atoms with Crippen molar-refractivity contribution in [3.05, 3.63) is 72.1 Å². The summed E-state index contributed by atoms with van der Waals surface area (Å²) in [6, 6.07) is 19.0. The molecule has 3 aromatic rings. The van der Waals surface area contributed by atoms with E-state index in [2.05, 4.69) is 51.8 Å². The lowest BCUT2D eigenvalue weighted by Crippen LogP contribution is -2.28. The van der Waals surface area contributed by atoms with E-state index in [9.17, 15) is 0 Å². The minimum Gasteiger partial charge on any atom is -0.497 e. The third-order valence-corrected chi connectivity index (χ3v) is 4.33. The Labute approximate surface area is 134 Å². The number of anilines is 1. The van der Waals surface area contributed by atoms with Crippen molar-refractivity contribution in [3.8, 4) is 5.75 Å². The van der Waals surface area contributed by atoms with Gasteiger partial charge in [-0.15, -0.1) is 0 Å². The number of rotatable bonds is 3. The Hall–Kier alpha value is -2.82. The van der Waals surface area contributed by atoms with Crippen LogP contribution < -0.4 is 10.1 Å². The lowest BCUT2D eigenvalue weighted by molar-refractivity contribution is 0.411. The molecule has 5 heteroatoms. The second-order valence-electron chi connectivity index (χ2n) is 5.66. The normalized spacial score (nSPS) is 19.7. The first-order chi connectivity index (χ1) is 11.3. The van der Waals surface area contributed by atoms with E-state index in [4.69, 9.17) is 4.74 Å². The first-order valence-corrected chi connectivity index (χ1v) is 7.70. The van der Waals surface area contributed by atoms with Crippen molar-refractivity contribution in [3.63, 3.8) is 0 Å². The lowest BCUT2D eigenvalue weighted by Gasteiger charge is -2.31. The van der Waals surface area contributed by atoms with Crippen LogP contribution in [0.3, 0.4) is 0 Å². The molecule has 0 fully saturated rings. The van der Waals surface area contributed by atoms with E-state index in [1.165, 1.54) is 11.1 Å². The Balaban J connectivity index is 1.70. The average Bonchev–Trinajstić information content (AvgIpc) is 3.10. The van der Waals surface area contributed by atoms with Crippen LogP contribution in [0, 0.1) is 0 Å². The molecule has 0 spiro atoms. The molecular formula is C18H18N4O. The van der Waals surface area contributed by atoms with Gasteiger partial charge >= 0.3 is 0 Å². The van der Waals surface area contributed by atoms with Crippen LogP contribution in [-0.4, -0.2) is 21.9 Å². The van der Waals surface area contributed by atoms with Gasteiger partial charge in [0, 0.05) is 0 Å². The van der Waals surface area contributed by atoms with E-state index in [0.29, 0.717) is 0 Å². The van der Waals surface area contributed by atoms with Crippen LogP contribution in [0.15, 0.2) is 60.9 Å². The smallest absolute Gasteiger partial charge is 0.222 e. The highest BCUT2D eigenvalue weighted by Crippen LogP contribution is 2.37. The average molecular weight is 306 g/mol. The van der Waals surface area contributed by atoms with Crippen LogP contribution >= 0.6 is 0 Å². The number of fused-ring (bicyclic) bond motifs is 1. The van der Waals surface area contributed by atoms with Gasteiger partial charge in [0.15, 0.2) is 0 Å². The summed E-state index contributed by atoms with van der Waals surface area (Å²) >= 11 is 0. The van der Waals surface area contributed by atoms with Crippen LogP contribution in [0.25, 0.3) is 0 Å². The number of methoxy groups -OCH3 is 1. The molecule has 2 atom stereocenters. The second-order valence-corrected chi connectivity index (χ2v) is 5.66. The quantitative estimate of drug-likeness (QED) is 0.805. The standard InChI is InChI=1S/C18H18N4O/c1-23-15-9-7-14(8-10-15)17-11-16(13-5-3-2-4-6-13)21-18-19-12-20-22(17)18/h2-10,12,16-17H,11H2,1H3,(H,19,20,21)/t16-,17-/m1/s1. The summed E-state index contributed by atoms with van der Waals surface area (Å²) < 4.78 is 7.21. The summed E-state index contributed by atoms with van der Waals surface area (Å²) in [7, 11) is 1.68. The summed E-state index contributed by atoms with van der Waals surface area (Å²) in [5, 5.41) is 7.88. The van der Waals surface area contributed by atoms with Crippen LogP contribution in [0.4, 0.5) is 5.95 Å². The molecule has 23 heavy (non-hydrogen) atoms. The van der Waals surface area contributed by atoms with Crippen molar-refractivity contribution in [1.82, 2.24) is 14.8 Å². The van der Waals surface area contributed by atoms with Crippen molar-refractivity contribution in [2.75, 3.05) is 12.4 Å². The highest BCUT2D eigenvalue weighted by molar-refractivity contribution is 5.39. The molecule has 5 nitrogen and oxygen atoms in total. The summed E-state index contributed by atoms with van der Waals surface area (Å²) in [6.45, 7) is 0. The zero-order valence-corrected chi connectivity index (χ0v) is 12.9. The molecular weight excluding hydrogens is 288 g/mol. The summed E-state index contributed by atoms with van der Waals surface area (Å²) in [5.74, 6) is 1.67. The minimum absolute atomic E-state index is 0.157. The molecule has 1 N–H and O–H groups in total. The van der Waals surface area contributed by atoms with Gasteiger partial charge in [0.25, 0.3) is 0 Å². The third-order valence-electron chi connectivity index (χ3n) is 4.33. The van der Waals surface area contributed by atoms with Gasteiger partial charge in [0.1, 0.15) is 12.1 Å². The third kappa shape index (κ3) is 2.54. The van der Waals surface area contributed by atoms with Crippen LogP contribution in [-0.2, 0) is 0 Å². The Morgan fingerprint density at radius 3 is 2.57 bits per heavy atom. The second kappa shape index (κ2) is 5.76. The van der Waals surface area contributed by atoms with E-state index in [1.54, 1.807) is 13.4 Å². The Morgan fingerprint density at radius 2 is 1.83 bits per heavy atom. The van der Waals surface area contributed by atoms with Gasteiger partial charge in [-0.2, -0.15) is 10.1 Å². The lowest BCUT2D eigenvalue weighted by atomic mass is 9.93. The molecule has 2 heterocycles. The number of benzene rings is 2. The molecule has 1 aromatic heterocycles. The summed E-state index contributed by atoms with van der Waals surface area (Å²) in [4.78, 5) is 4.36. The van der Waals surface area contributed by atoms with Gasteiger partial charge in [-0.25, -0.2) is 4.68 Å². The van der Waals surface area contributed by atoms with Gasteiger partial charge in [-0.3, -0.25) is 0 Å². The maximum atomic E-state index is 5.25. The van der Waals surface area contributed by atoms with Crippen molar-refractivity contribution in [2.24, 2.45) is 0 Å². The maximum absolute atomic E-state index is 5.25. The van der Waals surface area contributed by atoms with E-state index >= 15 is 0 Å². The van der Waals surface area contributed by atoms with Crippen molar-refractivity contribution in [1.29, 1.82) is 0 Å². The maximum Gasteiger partial charge on any atom is 0.222 e. The van der Waals surface area contributed by atoms with Crippen molar-refractivity contribution >= 4 is 5.95 Å². The van der Waals surface area contributed by atoms with Gasteiger partial charge in [0.2, 0.25) is 5.95 Å². The molecule has 0 aliphatic carbocycles. The van der Waals surface area contributed by atoms with E-state index in [-0.39, 0.29) is 12.1 Å². The molecule has 4 rings (SSSR count). The zero-order chi connectivity index (χ0) is 15.6. The molecule has 2 aromatic carbocycles. The molecule has 0 saturated heterocycles. The van der Waals surface area contributed by atoms with Crippen LogP contribution in [0.1, 0.15) is 29.6 Å². The molecule has 0 amide bonds. The van der Waals surface area contributed by atoms with Gasteiger partial charge in [-0.05, 0) is 29.7 Å². The summed E-state index contributed by atoms with van der Waals surface area (Å²) in [6.07, 6.45) is 2.53. The number of ether oxygens (including phenoxy) is 1. The fraction of sp³-hybridized carbons (Fsp3) is 0.222. The fourth-order valence-corrected chi connectivity index (χ4v) is 3.13. The number of nitrogens with one attached hydrogen (secondary N) is 1. The molecule has 1 aliphatic rings. The molecule has 0 radical (unpaired) electrons. The largest absolute Gasteiger partial charge is 0.497 e. The topological polar surface area (TPSA) is 52.0 Å². The highest BCUT2D eigenvalue weighted by atomic mass is 16.5. The van der Waals surface area contributed by atoms with Gasteiger partial charge in [0.05, 0.1) is 19.2 Å². The van der Waals surface area contributed by atoms with E-state index in [0.717, 1.165) is 18.1 Å². The first-order valence-electron chi connectivity index (χ1n) is 7.70.